The smallest absolute Gasteiger partial charge is 0.222 e. The minimum Gasteiger partial charge on any atom is -0.391 e. The van der Waals surface area contributed by atoms with Gasteiger partial charge in [0.25, 0.3) is 0 Å². The van der Waals surface area contributed by atoms with Gasteiger partial charge in [0.2, 0.25) is 5.91 Å². The summed E-state index contributed by atoms with van der Waals surface area (Å²) in [5.74, 6) is 0.171. The lowest BCUT2D eigenvalue weighted by molar-refractivity contribution is -0.127. The third-order valence-corrected chi connectivity index (χ3v) is 3.76. The molecule has 3 rings (SSSR count). The number of rotatable bonds is 6. The normalized spacial score (nSPS) is 15.0. The number of nitrogens with zero attached hydrogens (tertiary/aromatic N) is 3. The molecule has 5 nitrogen and oxygen atoms in total. The third kappa shape index (κ3) is 4.16. The van der Waals surface area contributed by atoms with Crippen LogP contribution in [0, 0.1) is 0 Å². The SMILES string of the molecule is O=C1CCCN1C/C(=N/OCc1ccccc1)c1cccnc1. The first kappa shape index (κ1) is 15.2. The third-order valence-electron chi connectivity index (χ3n) is 3.76. The molecule has 1 amide bonds. The van der Waals surface area contributed by atoms with Gasteiger partial charge in [-0.1, -0.05) is 35.5 Å². The number of hydrogen-bond acceptors (Lipinski definition) is 4. The first-order valence-corrected chi connectivity index (χ1v) is 7.74. The summed E-state index contributed by atoms with van der Waals surface area (Å²) in [6, 6.07) is 13.7. The van der Waals surface area contributed by atoms with Crippen LogP contribution in [-0.2, 0) is 16.2 Å². The van der Waals surface area contributed by atoms with Gasteiger partial charge < -0.3 is 9.74 Å². The molecule has 0 aliphatic carbocycles. The molecule has 2 aromatic rings. The largest absolute Gasteiger partial charge is 0.391 e. The topological polar surface area (TPSA) is 54.8 Å². The first-order chi connectivity index (χ1) is 11.3. The Bertz CT molecular complexity index is 671. The molecule has 0 atom stereocenters. The van der Waals surface area contributed by atoms with E-state index in [9.17, 15) is 4.79 Å². The molecule has 1 aromatic heterocycles. The second-order valence-electron chi connectivity index (χ2n) is 5.46. The molecule has 0 radical (unpaired) electrons. The Labute approximate surface area is 135 Å². The molecule has 1 aliphatic rings. The van der Waals surface area contributed by atoms with Crippen LogP contribution in [0.4, 0.5) is 0 Å². The van der Waals surface area contributed by atoms with Crippen molar-refractivity contribution in [2.75, 3.05) is 13.1 Å². The molecular weight excluding hydrogens is 290 g/mol. The van der Waals surface area contributed by atoms with Crippen LogP contribution in [0.3, 0.4) is 0 Å². The van der Waals surface area contributed by atoms with Crippen molar-refractivity contribution >= 4 is 11.6 Å². The fourth-order valence-electron chi connectivity index (χ4n) is 2.52. The Kier molecular flexibility index (Phi) is 4.99. The summed E-state index contributed by atoms with van der Waals surface area (Å²) in [5.41, 5.74) is 2.66. The van der Waals surface area contributed by atoms with Crippen molar-refractivity contribution in [2.24, 2.45) is 5.16 Å². The van der Waals surface area contributed by atoms with Crippen molar-refractivity contribution in [1.82, 2.24) is 9.88 Å². The van der Waals surface area contributed by atoms with Crippen LogP contribution in [0.1, 0.15) is 24.0 Å². The number of oxime groups is 1. The molecule has 2 heterocycles. The molecule has 1 aromatic carbocycles. The van der Waals surface area contributed by atoms with Crippen molar-refractivity contribution in [3.8, 4) is 0 Å². The van der Waals surface area contributed by atoms with Crippen LogP contribution in [0.25, 0.3) is 0 Å². The van der Waals surface area contributed by atoms with Crippen LogP contribution in [-0.4, -0.2) is 34.6 Å². The van der Waals surface area contributed by atoms with Gasteiger partial charge in [-0.15, -0.1) is 0 Å². The molecule has 118 valence electrons. The second-order valence-corrected chi connectivity index (χ2v) is 5.46. The van der Waals surface area contributed by atoms with Crippen LogP contribution in [0.15, 0.2) is 60.0 Å². The van der Waals surface area contributed by atoms with Gasteiger partial charge in [0.1, 0.15) is 12.3 Å². The Morgan fingerprint density at radius 3 is 2.78 bits per heavy atom. The molecule has 0 N–H and O–H groups in total. The zero-order chi connectivity index (χ0) is 15.9. The highest BCUT2D eigenvalue weighted by molar-refractivity contribution is 6.03. The summed E-state index contributed by atoms with van der Waals surface area (Å²) < 4.78 is 0. The highest BCUT2D eigenvalue weighted by Crippen LogP contribution is 2.12. The van der Waals surface area contributed by atoms with E-state index in [0.29, 0.717) is 19.6 Å². The fraction of sp³-hybridized carbons (Fsp3) is 0.278. The van der Waals surface area contributed by atoms with Crippen molar-refractivity contribution in [3.63, 3.8) is 0 Å². The monoisotopic (exact) mass is 309 g/mol. The van der Waals surface area contributed by atoms with Crippen molar-refractivity contribution < 1.29 is 9.63 Å². The quantitative estimate of drug-likeness (QED) is 0.609. The van der Waals surface area contributed by atoms with Gasteiger partial charge in [-0.2, -0.15) is 0 Å². The van der Waals surface area contributed by atoms with Crippen LogP contribution in [0.2, 0.25) is 0 Å². The Hall–Kier alpha value is -2.69. The zero-order valence-electron chi connectivity index (χ0n) is 12.9. The average molecular weight is 309 g/mol. The highest BCUT2D eigenvalue weighted by Gasteiger charge is 2.22. The lowest BCUT2D eigenvalue weighted by Crippen LogP contribution is -2.31. The summed E-state index contributed by atoms with van der Waals surface area (Å²) >= 11 is 0. The molecule has 1 aliphatic heterocycles. The zero-order valence-corrected chi connectivity index (χ0v) is 12.9. The number of carbonyl (C=O) groups excluding carboxylic acids is 1. The molecule has 1 saturated heterocycles. The Morgan fingerprint density at radius 1 is 1.22 bits per heavy atom. The van der Waals surface area contributed by atoms with Gasteiger partial charge in [-0.05, 0) is 24.1 Å². The number of carbonyl (C=O) groups is 1. The summed E-state index contributed by atoms with van der Waals surface area (Å²) in [7, 11) is 0. The summed E-state index contributed by atoms with van der Waals surface area (Å²) in [4.78, 5) is 23.3. The molecule has 1 fully saturated rings. The van der Waals surface area contributed by atoms with E-state index in [4.69, 9.17) is 4.84 Å². The molecule has 23 heavy (non-hydrogen) atoms. The van der Waals surface area contributed by atoms with E-state index in [1.165, 1.54) is 0 Å². The standard InChI is InChI=1S/C18H19N3O2/c22-18-9-5-11-21(18)13-17(16-8-4-10-19-12-16)20-23-14-15-6-2-1-3-7-15/h1-4,6-8,10,12H,5,9,11,13-14H2/b20-17-. The molecule has 0 unspecified atom stereocenters. The van der Waals surface area contributed by atoms with Crippen molar-refractivity contribution in [3.05, 3.63) is 66.0 Å². The average Bonchev–Trinajstić information content (AvgIpc) is 3.01. The number of amides is 1. The Balaban J connectivity index is 1.72. The van der Waals surface area contributed by atoms with Crippen molar-refractivity contribution in [2.45, 2.75) is 19.4 Å². The number of hydrogen-bond donors (Lipinski definition) is 0. The first-order valence-electron chi connectivity index (χ1n) is 7.74. The van der Waals surface area contributed by atoms with Crippen LogP contribution in [0.5, 0.6) is 0 Å². The lowest BCUT2D eigenvalue weighted by Gasteiger charge is -2.16. The maximum atomic E-state index is 11.9. The molecule has 0 spiro atoms. The number of benzene rings is 1. The molecule has 0 saturated carbocycles. The van der Waals surface area contributed by atoms with Gasteiger partial charge in [-0.25, -0.2) is 0 Å². The van der Waals surface area contributed by atoms with E-state index in [1.54, 1.807) is 12.4 Å². The molecular formula is C18H19N3O2. The highest BCUT2D eigenvalue weighted by atomic mass is 16.6. The predicted octanol–water partition coefficient (Wildman–Crippen LogP) is 2.62. The van der Waals surface area contributed by atoms with Gasteiger partial charge in [0, 0.05) is 30.9 Å². The minimum atomic E-state index is 0.171. The number of pyridine rings is 1. The van der Waals surface area contributed by atoms with Gasteiger partial charge in [0.15, 0.2) is 0 Å². The van der Waals surface area contributed by atoms with E-state index in [1.807, 2.05) is 47.4 Å². The maximum absolute atomic E-state index is 11.9. The lowest BCUT2D eigenvalue weighted by atomic mass is 10.1. The fourth-order valence-corrected chi connectivity index (χ4v) is 2.52. The van der Waals surface area contributed by atoms with Gasteiger partial charge in [0.05, 0.1) is 6.54 Å². The number of likely N-dealkylation sites (tertiary alicyclic amines) is 1. The Morgan fingerprint density at radius 2 is 2.09 bits per heavy atom. The van der Waals surface area contributed by atoms with E-state index < -0.39 is 0 Å². The van der Waals surface area contributed by atoms with Gasteiger partial charge in [-0.3, -0.25) is 9.78 Å². The van der Waals surface area contributed by atoms with E-state index in [-0.39, 0.29) is 5.91 Å². The summed E-state index contributed by atoms with van der Waals surface area (Å²) in [5, 5.41) is 4.27. The minimum absolute atomic E-state index is 0.171. The van der Waals surface area contributed by atoms with Crippen molar-refractivity contribution in [1.29, 1.82) is 0 Å². The van der Waals surface area contributed by atoms with Crippen LogP contribution < -0.4 is 0 Å². The van der Waals surface area contributed by atoms with E-state index >= 15 is 0 Å². The molecule has 0 bridgehead atoms. The van der Waals surface area contributed by atoms with E-state index in [0.717, 1.165) is 29.8 Å². The van der Waals surface area contributed by atoms with Crippen LogP contribution >= 0.6 is 0 Å². The van der Waals surface area contributed by atoms with E-state index in [2.05, 4.69) is 10.1 Å². The van der Waals surface area contributed by atoms with Gasteiger partial charge >= 0.3 is 0 Å². The summed E-state index contributed by atoms with van der Waals surface area (Å²) in [6.07, 6.45) is 4.98. The number of aromatic nitrogens is 1. The summed E-state index contributed by atoms with van der Waals surface area (Å²) in [6.45, 7) is 1.63. The second kappa shape index (κ2) is 7.54. The molecule has 5 heteroatoms. The predicted molar refractivity (Wildman–Crippen MR) is 87.8 cm³/mol. The maximum Gasteiger partial charge on any atom is 0.222 e.